The summed E-state index contributed by atoms with van der Waals surface area (Å²) in [4.78, 5) is 25.4. The minimum atomic E-state index is -0.421. The summed E-state index contributed by atoms with van der Waals surface area (Å²) in [5.41, 5.74) is 6.42. The second-order valence-electron chi connectivity index (χ2n) is 3.63. The van der Waals surface area contributed by atoms with Crippen molar-refractivity contribution in [3.63, 3.8) is 0 Å². The Hall–Kier alpha value is -2.27. The third kappa shape index (κ3) is 2.70. The maximum atomic E-state index is 11.9. The molecular formula is C12H10ClN3O2. The predicted octanol–water partition coefficient (Wildman–Crippen LogP) is 1.86. The molecule has 1 amide bonds. The van der Waals surface area contributed by atoms with E-state index in [1.165, 1.54) is 18.3 Å². The number of carbonyl (C=O) groups excluding carboxylic acids is 1. The molecular weight excluding hydrogens is 254 g/mol. The highest BCUT2D eigenvalue weighted by Crippen LogP contribution is 2.23. The number of amides is 1. The van der Waals surface area contributed by atoms with Crippen LogP contribution in [0.25, 0.3) is 0 Å². The molecule has 2 aromatic rings. The fourth-order valence-corrected chi connectivity index (χ4v) is 1.59. The standard InChI is InChI=1S/C12H10ClN3O2/c13-8-1-2-9(14)10(6-8)16-12(18)7-3-4-15-11(17)5-7/h1-6H,14H2,(H,15,17)(H,16,18). The summed E-state index contributed by atoms with van der Waals surface area (Å²) >= 11 is 5.81. The SMILES string of the molecule is Nc1ccc(Cl)cc1NC(=O)c1cc[nH]c(=O)c1. The van der Waals surface area contributed by atoms with Gasteiger partial charge in [-0.1, -0.05) is 11.6 Å². The molecule has 0 aliphatic heterocycles. The number of halogens is 1. The van der Waals surface area contributed by atoms with Crippen LogP contribution < -0.4 is 16.6 Å². The number of hydrogen-bond donors (Lipinski definition) is 3. The summed E-state index contributed by atoms with van der Waals surface area (Å²) in [6.07, 6.45) is 1.40. The normalized spacial score (nSPS) is 10.1. The highest BCUT2D eigenvalue weighted by Gasteiger charge is 2.08. The minimum Gasteiger partial charge on any atom is -0.397 e. The van der Waals surface area contributed by atoms with E-state index in [0.29, 0.717) is 16.4 Å². The van der Waals surface area contributed by atoms with Crippen molar-refractivity contribution < 1.29 is 4.79 Å². The zero-order chi connectivity index (χ0) is 13.1. The second kappa shape index (κ2) is 4.93. The fraction of sp³-hybridized carbons (Fsp3) is 0. The molecule has 0 aliphatic rings. The van der Waals surface area contributed by atoms with Gasteiger partial charge in [-0.25, -0.2) is 0 Å². The summed E-state index contributed by atoms with van der Waals surface area (Å²) < 4.78 is 0. The van der Waals surface area contributed by atoms with Crippen molar-refractivity contribution in [2.24, 2.45) is 0 Å². The van der Waals surface area contributed by atoms with Crippen LogP contribution in [0.2, 0.25) is 5.02 Å². The first kappa shape index (κ1) is 12.2. The number of nitrogen functional groups attached to an aromatic ring is 1. The maximum Gasteiger partial charge on any atom is 0.255 e. The van der Waals surface area contributed by atoms with E-state index in [1.807, 2.05) is 0 Å². The first-order valence-electron chi connectivity index (χ1n) is 5.11. The number of anilines is 2. The maximum absolute atomic E-state index is 11.9. The number of carbonyl (C=O) groups is 1. The Kier molecular flexibility index (Phi) is 3.34. The van der Waals surface area contributed by atoms with Crippen molar-refractivity contribution in [1.29, 1.82) is 0 Å². The van der Waals surface area contributed by atoms with Gasteiger partial charge in [0, 0.05) is 22.8 Å². The van der Waals surface area contributed by atoms with Gasteiger partial charge in [-0.2, -0.15) is 0 Å². The Balaban J connectivity index is 2.26. The smallest absolute Gasteiger partial charge is 0.255 e. The third-order valence-electron chi connectivity index (χ3n) is 2.30. The lowest BCUT2D eigenvalue weighted by molar-refractivity contribution is 0.102. The molecule has 0 saturated heterocycles. The summed E-state index contributed by atoms with van der Waals surface area (Å²) in [6.45, 7) is 0. The van der Waals surface area contributed by atoms with Gasteiger partial charge in [0.1, 0.15) is 0 Å². The average molecular weight is 264 g/mol. The molecule has 0 atom stereocenters. The molecule has 92 valence electrons. The molecule has 5 nitrogen and oxygen atoms in total. The number of aromatic nitrogens is 1. The number of aromatic amines is 1. The van der Waals surface area contributed by atoms with E-state index in [4.69, 9.17) is 17.3 Å². The van der Waals surface area contributed by atoms with E-state index in [-0.39, 0.29) is 11.1 Å². The first-order valence-corrected chi connectivity index (χ1v) is 5.49. The van der Waals surface area contributed by atoms with Crippen LogP contribution in [0.5, 0.6) is 0 Å². The van der Waals surface area contributed by atoms with Gasteiger partial charge in [-0.15, -0.1) is 0 Å². The summed E-state index contributed by atoms with van der Waals surface area (Å²) in [7, 11) is 0. The van der Waals surface area contributed by atoms with E-state index in [9.17, 15) is 9.59 Å². The molecule has 0 saturated carbocycles. The number of rotatable bonds is 2. The number of nitrogens with two attached hydrogens (primary N) is 1. The lowest BCUT2D eigenvalue weighted by Crippen LogP contribution is -2.16. The molecule has 0 fully saturated rings. The number of nitrogens with one attached hydrogen (secondary N) is 2. The lowest BCUT2D eigenvalue weighted by Gasteiger charge is -2.08. The Morgan fingerprint density at radius 2 is 2.06 bits per heavy atom. The Labute approximate surface area is 108 Å². The van der Waals surface area contributed by atoms with Crippen molar-refractivity contribution in [2.45, 2.75) is 0 Å². The van der Waals surface area contributed by atoms with Crippen LogP contribution in [0.1, 0.15) is 10.4 Å². The van der Waals surface area contributed by atoms with Crippen LogP contribution in [0, 0.1) is 0 Å². The quantitative estimate of drug-likeness (QED) is 0.723. The molecule has 0 aliphatic carbocycles. The van der Waals surface area contributed by atoms with E-state index in [2.05, 4.69) is 10.3 Å². The summed E-state index contributed by atoms with van der Waals surface area (Å²) in [5.74, 6) is -0.421. The van der Waals surface area contributed by atoms with Gasteiger partial charge in [-0.05, 0) is 24.3 Å². The molecule has 0 radical (unpaired) electrons. The molecule has 4 N–H and O–H groups in total. The van der Waals surface area contributed by atoms with E-state index in [1.54, 1.807) is 18.2 Å². The van der Waals surface area contributed by atoms with Gasteiger partial charge in [0.25, 0.3) is 5.91 Å². The number of H-pyrrole nitrogens is 1. The molecule has 18 heavy (non-hydrogen) atoms. The van der Waals surface area contributed by atoms with Gasteiger partial charge in [0.15, 0.2) is 0 Å². The molecule has 6 heteroatoms. The van der Waals surface area contributed by atoms with Crippen LogP contribution in [-0.2, 0) is 0 Å². The van der Waals surface area contributed by atoms with Crippen LogP contribution in [0.4, 0.5) is 11.4 Å². The molecule has 2 rings (SSSR count). The number of hydrogen-bond acceptors (Lipinski definition) is 3. The molecule has 1 heterocycles. The molecule has 0 spiro atoms. The highest BCUT2D eigenvalue weighted by molar-refractivity contribution is 6.31. The van der Waals surface area contributed by atoms with Gasteiger partial charge in [-0.3, -0.25) is 9.59 Å². The topological polar surface area (TPSA) is 88.0 Å². The van der Waals surface area contributed by atoms with Crippen molar-refractivity contribution in [2.75, 3.05) is 11.1 Å². The van der Waals surface area contributed by atoms with E-state index < -0.39 is 5.91 Å². The van der Waals surface area contributed by atoms with Crippen molar-refractivity contribution in [1.82, 2.24) is 4.98 Å². The van der Waals surface area contributed by atoms with Crippen molar-refractivity contribution >= 4 is 28.9 Å². The van der Waals surface area contributed by atoms with Gasteiger partial charge >= 0.3 is 0 Å². The molecule has 1 aromatic heterocycles. The van der Waals surface area contributed by atoms with E-state index >= 15 is 0 Å². The third-order valence-corrected chi connectivity index (χ3v) is 2.54. The second-order valence-corrected chi connectivity index (χ2v) is 4.06. The van der Waals surface area contributed by atoms with Crippen LogP contribution >= 0.6 is 11.6 Å². The van der Waals surface area contributed by atoms with Gasteiger partial charge in [0.05, 0.1) is 11.4 Å². The minimum absolute atomic E-state index is 0.248. The summed E-state index contributed by atoms with van der Waals surface area (Å²) in [6, 6.07) is 7.46. The lowest BCUT2D eigenvalue weighted by atomic mass is 10.2. The fourth-order valence-electron chi connectivity index (χ4n) is 1.42. The Morgan fingerprint density at radius 1 is 1.28 bits per heavy atom. The molecule has 1 aromatic carbocycles. The highest BCUT2D eigenvalue weighted by atomic mass is 35.5. The zero-order valence-electron chi connectivity index (χ0n) is 9.24. The van der Waals surface area contributed by atoms with Crippen LogP contribution in [0.3, 0.4) is 0 Å². The Bertz CT molecular complexity index is 652. The zero-order valence-corrected chi connectivity index (χ0v) is 9.99. The number of pyridine rings is 1. The largest absolute Gasteiger partial charge is 0.397 e. The van der Waals surface area contributed by atoms with Gasteiger partial charge < -0.3 is 16.0 Å². The predicted molar refractivity (Wildman–Crippen MR) is 70.9 cm³/mol. The first-order chi connectivity index (χ1) is 8.56. The number of benzene rings is 1. The Morgan fingerprint density at radius 3 is 2.78 bits per heavy atom. The van der Waals surface area contributed by atoms with Crippen LogP contribution in [-0.4, -0.2) is 10.9 Å². The monoisotopic (exact) mass is 263 g/mol. The van der Waals surface area contributed by atoms with Crippen molar-refractivity contribution in [3.8, 4) is 0 Å². The molecule has 0 bridgehead atoms. The van der Waals surface area contributed by atoms with Gasteiger partial charge in [0.2, 0.25) is 5.56 Å². The molecule has 0 unspecified atom stereocenters. The average Bonchev–Trinajstić information content (AvgIpc) is 2.34. The van der Waals surface area contributed by atoms with Crippen LogP contribution in [0.15, 0.2) is 41.3 Å². The van der Waals surface area contributed by atoms with E-state index in [0.717, 1.165) is 0 Å². The summed E-state index contributed by atoms with van der Waals surface area (Å²) in [5, 5.41) is 3.06. The van der Waals surface area contributed by atoms with Crippen molar-refractivity contribution in [3.05, 3.63) is 57.5 Å².